The number of hydrogen-bond donors (Lipinski definition) is 2. The minimum Gasteiger partial charge on any atom is -0.369 e. The highest BCUT2D eigenvalue weighted by molar-refractivity contribution is 7.09. The fourth-order valence-electron chi connectivity index (χ4n) is 1.70. The van der Waals surface area contributed by atoms with E-state index in [9.17, 15) is 0 Å². The van der Waals surface area contributed by atoms with Gasteiger partial charge in [-0.15, -0.1) is 21.5 Å². The number of hydrogen-bond acceptors (Lipinski definition) is 7. The Bertz CT molecular complexity index is 702. The van der Waals surface area contributed by atoms with Crippen molar-refractivity contribution in [3.63, 3.8) is 0 Å². The molecule has 0 fully saturated rings. The van der Waals surface area contributed by atoms with E-state index in [4.69, 9.17) is 5.73 Å². The van der Waals surface area contributed by atoms with Gasteiger partial charge in [0, 0.05) is 11.4 Å². The standard InChI is InChI=1S/C11H13N7S/c1-2-7-5-19-10(15-7)4-13-8-3-9-17-14-6-18(9)11(12)16-8/h3,5-6,13H,2,4H2,1H3,(H2,12,16). The van der Waals surface area contributed by atoms with Crippen LogP contribution in [0.2, 0.25) is 0 Å². The van der Waals surface area contributed by atoms with Crippen molar-refractivity contribution < 1.29 is 0 Å². The van der Waals surface area contributed by atoms with Crippen molar-refractivity contribution in [2.45, 2.75) is 19.9 Å². The second-order valence-electron chi connectivity index (χ2n) is 4.00. The molecule has 98 valence electrons. The van der Waals surface area contributed by atoms with Crippen LogP contribution in [0.1, 0.15) is 17.6 Å². The largest absolute Gasteiger partial charge is 0.369 e. The van der Waals surface area contributed by atoms with E-state index in [1.165, 1.54) is 6.33 Å². The first-order valence-corrected chi connectivity index (χ1v) is 6.77. The zero-order chi connectivity index (χ0) is 13.2. The van der Waals surface area contributed by atoms with Crippen LogP contribution in [0.4, 0.5) is 11.8 Å². The van der Waals surface area contributed by atoms with Gasteiger partial charge in [-0.3, -0.25) is 4.40 Å². The van der Waals surface area contributed by atoms with Crippen LogP contribution >= 0.6 is 11.3 Å². The third-order valence-corrected chi connectivity index (χ3v) is 3.60. The van der Waals surface area contributed by atoms with Gasteiger partial charge in [0.2, 0.25) is 5.95 Å². The van der Waals surface area contributed by atoms with E-state index in [2.05, 4.69) is 37.8 Å². The molecular formula is C11H13N7S. The predicted octanol–water partition coefficient (Wildman–Crippen LogP) is 1.34. The molecule has 0 radical (unpaired) electrons. The predicted molar refractivity (Wildman–Crippen MR) is 74.0 cm³/mol. The van der Waals surface area contributed by atoms with Crippen LogP contribution in [0, 0.1) is 0 Å². The molecule has 8 heteroatoms. The number of nitrogen functional groups attached to an aromatic ring is 1. The van der Waals surface area contributed by atoms with Crippen molar-refractivity contribution in [2.75, 3.05) is 11.1 Å². The molecule has 3 heterocycles. The summed E-state index contributed by atoms with van der Waals surface area (Å²) < 4.78 is 1.63. The minimum atomic E-state index is 0.360. The third kappa shape index (κ3) is 2.34. The van der Waals surface area contributed by atoms with E-state index >= 15 is 0 Å². The molecule has 0 amide bonds. The van der Waals surface area contributed by atoms with Crippen LogP contribution in [-0.4, -0.2) is 24.6 Å². The quantitative estimate of drug-likeness (QED) is 0.746. The maximum atomic E-state index is 5.81. The molecule has 3 rings (SSSR count). The lowest BCUT2D eigenvalue weighted by molar-refractivity contribution is 0.997. The van der Waals surface area contributed by atoms with Crippen molar-refractivity contribution in [2.24, 2.45) is 0 Å². The molecule has 3 N–H and O–H groups in total. The van der Waals surface area contributed by atoms with Gasteiger partial charge >= 0.3 is 0 Å². The second-order valence-corrected chi connectivity index (χ2v) is 4.94. The number of fused-ring (bicyclic) bond motifs is 1. The van der Waals surface area contributed by atoms with Gasteiger partial charge < -0.3 is 11.1 Å². The fourth-order valence-corrected chi connectivity index (χ4v) is 2.52. The number of nitrogens with two attached hydrogens (primary N) is 1. The number of aryl methyl sites for hydroxylation is 1. The minimum absolute atomic E-state index is 0.360. The Morgan fingerprint density at radius 3 is 3.11 bits per heavy atom. The average molecular weight is 275 g/mol. The topological polar surface area (TPSA) is 94.0 Å². The van der Waals surface area contributed by atoms with E-state index in [1.807, 2.05) is 0 Å². The Balaban J connectivity index is 1.77. The van der Waals surface area contributed by atoms with E-state index in [0.717, 1.165) is 17.1 Å². The summed E-state index contributed by atoms with van der Waals surface area (Å²) in [4.78, 5) is 8.72. The van der Waals surface area contributed by atoms with Gasteiger partial charge in [0.15, 0.2) is 5.65 Å². The molecule has 0 atom stereocenters. The first-order chi connectivity index (χ1) is 9.26. The van der Waals surface area contributed by atoms with Crippen molar-refractivity contribution in [3.05, 3.63) is 28.5 Å². The molecule has 0 spiro atoms. The summed E-state index contributed by atoms with van der Waals surface area (Å²) in [6, 6.07) is 1.80. The molecule has 7 nitrogen and oxygen atoms in total. The highest BCUT2D eigenvalue weighted by atomic mass is 32.1. The molecule has 0 bridgehead atoms. The van der Waals surface area contributed by atoms with Crippen LogP contribution in [-0.2, 0) is 13.0 Å². The van der Waals surface area contributed by atoms with Crippen LogP contribution in [0.15, 0.2) is 17.8 Å². The Hall–Kier alpha value is -2.22. The molecular weight excluding hydrogens is 262 g/mol. The van der Waals surface area contributed by atoms with E-state index in [-0.39, 0.29) is 0 Å². The smallest absolute Gasteiger partial charge is 0.209 e. The first kappa shape index (κ1) is 11.8. The lowest BCUT2D eigenvalue weighted by Gasteiger charge is -2.05. The molecule has 0 aliphatic carbocycles. The van der Waals surface area contributed by atoms with Crippen LogP contribution in [0.5, 0.6) is 0 Å². The molecule has 3 aromatic heterocycles. The fraction of sp³-hybridized carbons (Fsp3) is 0.273. The molecule has 0 aromatic carbocycles. The highest BCUT2D eigenvalue weighted by Gasteiger charge is 2.05. The molecule has 0 saturated heterocycles. The summed E-state index contributed by atoms with van der Waals surface area (Å²) in [6.45, 7) is 2.72. The first-order valence-electron chi connectivity index (χ1n) is 5.89. The SMILES string of the molecule is CCc1csc(CNc2cc3nncn3c(N)n2)n1. The van der Waals surface area contributed by atoms with Gasteiger partial charge in [0.05, 0.1) is 12.2 Å². The number of rotatable bonds is 4. The molecule has 0 unspecified atom stereocenters. The maximum Gasteiger partial charge on any atom is 0.209 e. The van der Waals surface area contributed by atoms with Crippen molar-refractivity contribution in [3.8, 4) is 0 Å². The van der Waals surface area contributed by atoms with Gasteiger partial charge in [0.25, 0.3) is 0 Å². The summed E-state index contributed by atoms with van der Waals surface area (Å²) in [5.41, 5.74) is 7.60. The van der Waals surface area contributed by atoms with Gasteiger partial charge in [-0.05, 0) is 6.42 Å². The molecule has 3 aromatic rings. The molecule has 0 aliphatic rings. The van der Waals surface area contributed by atoms with Gasteiger partial charge in [-0.1, -0.05) is 6.92 Å². The van der Waals surface area contributed by atoms with Crippen molar-refractivity contribution >= 4 is 28.8 Å². The van der Waals surface area contributed by atoms with E-state index in [0.29, 0.717) is 24.0 Å². The normalized spacial score (nSPS) is 11.0. The molecule has 0 aliphatic heterocycles. The number of aromatic nitrogens is 5. The zero-order valence-electron chi connectivity index (χ0n) is 10.4. The third-order valence-electron chi connectivity index (χ3n) is 2.70. The molecule has 19 heavy (non-hydrogen) atoms. The number of nitrogens with one attached hydrogen (secondary N) is 1. The summed E-state index contributed by atoms with van der Waals surface area (Å²) in [7, 11) is 0. The Morgan fingerprint density at radius 2 is 2.32 bits per heavy atom. The number of anilines is 2. The van der Waals surface area contributed by atoms with E-state index in [1.54, 1.807) is 21.8 Å². The average Bonchev–Trinajstić information content (AvgIpc) is 3.05. The molecule has 0 saturated carbocycles. The summed E-state index contributed by atoms with van der Waals surface area (Å²) in [5.74, 6) is 1.03. The van der Waals surface area contributed by atoms with Gasteiger partial charge in [-0.25, -0.2) is 4.98 Å². The van der Waals surface area contributed by atoms with Gasteiger partial charge in [0.1, 0.15) is 17.2 Å². The van der Waals surface area contributed by atoms with Crippen molar-refractivity contribution in [1.29, 1.82) is 0 Å². The summed E-state index contributed by atoms with van der Waals surface area (Å²) in [6.07, 6.45) is 2.49. The van der Waals surface area contributed by atoms with Crippen LogP contribution < -0.4 is 11.1 Å². The maximum absolute atomic E-state index is 5.81. The Morgan fingerprint density at radius 1 is 1.42 bits per heavy atom. The lowest BCUT2D eigenvalue weighted by atomic mass is 10.4. The number of thiazole rings is 1. The summed E-state index contributed by atoms with van der Waals surface area (Å²) >= 11 is 1.64. The monoisotopic (exact) mass is 275 g/mol. The van der Waals surface area contributed by atoms with Crippen molar-refractivity contribution in [1.82, 2.24) is 24.6 Å². The van der Waals surface area contributed by atoms with Gasteiger partial charge in [-0.2, -0.15) is 4.98 Å². The van der Waals surface area contributed by atoms with Crippen LogP contribution in [0.25, 0.3) is 5.65 Å². The van der Waals surface area contributed by atoms with E-state index < -0.39 is 0 Å². The number of nitrogens with zero attached hydrogens (tertiary/aromatic N) is 5. The second kappa shape index (κ2) is 4.81. The Kier molecular flexibility index (Phi) is 3.00. The lowest BCUT2D eigenvalue weighted by Crippen LogP contribution is -2.06. The highest BCUT2D eigenvalue weighted by Crippen LogP contribution is 2.14. The Labute approximate surface area is 113 Å². The van der Waals surface area contributed by atoms with Crippen LogP contribution in [0.3, 0.4) is 0 Å². The zero-order valence-corrected chi connectivity index (χ0v) is 11.2. The summed E-state index contributed by atoms with van der Waals surface area (Å²) in [5, 5.41) is 14.0.